The third-order valence-electron chi connectivity index (χ3n) is 3.34. The van der Waals surface area contributed by atoms with E-state index in [0.717, 1.165) is 0 Å². The van der Waals surface area contributed by atoms with Crippen LogP contribution in [0, 0.1) is 5.92 Å². The van der Waals surface area contributed by atoms with Gasteiger partial charge in [0.25, 0.3) is 0 Å². The minimum Gasteiger partial charge on any atom is -0.465 e. The Morgan fingerprint density at radius 2 is 1.35 bits per heavy atom. The van der Waals surface area contributed by atoms with E-state index in [-0.39, 0.29) is 13.0 Å². The second kappa shape index (κ2) is 8.50. The lowest BCUT2D eigenvalue weighted by Gasteiger charge is -2.39. The van der Waals surface area contributed by atoms with E-state index in [1.54, 1.807) is 0 Å². The Hall–Kier alpha value is -2.12. The molecule has 0 amide bonds. The van der Waals surface area contributed by atoms with Gasteiger partial charge in [-0.15, -0.1) is 0 Å². The lowest BCUT2D eigenvalue weighted by Crippen LogP contribution is -2.49. The topological polar surface area (TPSA) is 105 Å². The molecule has 0 aromatic heterocycles. The molecule has 0 N–H and O–H groups in total. The van der Waals surface area contributed by atoms with Crippen LogP contribution in [0.2, 0.25) is 0 Å². The summed E-state index contributed by atoms with van der Waals surface area (Å²) in [4.78, 5) is 44.8. The number of hydrogen-bond acceptors (Lipinski definition) is 8. The van der Waals surface area contributed by atoms with Crippen molar-refractivity contribution in [3.05, 3.63) is 0 Å². The number of carbonyl (C=O) groups excluding carboxylic acids is 4. The molecular weight excluding hydrogens is 308 g/mol. The van der Waals surface area contributed by atoms with E-state index in [9.17, 15) is 19.2 Å². The molecule has 0 aromatic rings. The molecular formula is C15H22O8. The van der Waals surface area contributed by atoms with Crippen molar-refractivity contribution >= 4 is 23.9 Å². The highest BCUT2D eigenvalue weighted by Gasteiger charge is 2.43. The zero-order valence-electron chi connectivity index (χ0n) is 13.7. The minimum absolute atomic E-state index is 0.0250. The highest BCUT2D eigenvalue weighted by molar-refractivity contribution is 5.68. The van der Waals surface area contributed by atoms with Crippen molar-refractivity contribution in [3.8, 4) is 0 Å². The maximum atomic E-state index is 11.3. The van der Waals surface area contributed by atoms with Gasteiger partial charge >= 0.3 is 23.9 Å². The van der Waals surface area contributed by atoms with Crippen LogP contribution in [0.4, 0.5) is 0 Å². The molecule has 1 saturated carbocycles. The summed E-state index contributed by atoms with van der Waals surface area (Å²) in [6.45, 7) is 4.99. The van der Waals surface area contributed by atoms with Gasteiger partial charge in [-0.05, 0) is 6.42 Å². The summed E-state index contributed by atoms with van der Waals surface area (Å²) in [5.74, 6) is -2.46. The fraction of sp³-hybridized carbons (Fsp3) is 0.733. The molecule has 23 heavy (non-hydrogen) atoms. The van der Waals surface area contributed by atoms with Gasteiger partial charge < -0.3 is 18.9 Å². The monoisotopic (exact) mass is 330 g/mol. The van der Waals surface area contributed by atoms with Crippen molar-refractivity contribution in [3.63, 3.8) is 0 Å². The standard InChI is InChI=1S/C15H22O8/c1-8(16)20-7-12-5-13(21-9(2)17)6-14(22-10(3)18)15(12)23-11(4)19/h12-15H,5-7H2,1-4H3/t12-,13+,14-,15+/m1/s1. The molecule has 0 heterocycles. The summed E-state index contributed by atoms with van der Waals surface area (Å²) in [6.07, 6.45) is -1.49. The Morgan fingerprint density at radius 1 is 0.783 bits per heavy atom. The second-order valence-electron chi connectivity index (χ2n) is 5.49. The van der Waals surface area contributed by atoms with Gasteiger partial charge in [0.05, 0.1) is 6.61 Å². The molecule has 1 aliphatic rings. The number of esters is 4. The van der Waals surface area contributed by atoms with Crippen LogP contribution in [0.5, 0.6) is 0 Å². The van der Waals surface area contributed by atoms with Gasteiger partial charge in [-0.25, -0.2) is 0 Å². The van der Waals surface area contributed by atoms with Gasteiger partial charge in [0.15, 0.2) is 0 Å². The van der Waals surface area contributed by atoms with Gasteiger partial charge in [-0.1, -0.05) is 0 Å². The van der Waals surface area contributed by atoms with Crippen molar-refractivity contribution in [2.45, 2.75) is 58.8 Å². The average molecular weight is 330 g/mol. The van der Waals surface area contributed by atoms with Crippen LogP contribution < -0.4 is 0 Å². The summed E-state index contributed by atoms with van der Waals surface area (Å²) in [7, 11) is 0. The molecule has 8 heteroatoms. The van der Waals surface area contributed by atoms with E-state index in [0.29, 0.717) is 6.42 Å². The van der Waals surface area contributed by atoms with E-state index in [1.807, 2.05) is 0 Å². The molecule has 0 spiro atoms. The van der Waals surface area contributed by atoms with Crippen molar-refractivity contribution < 1.29 is 38.1 Å². The molecule has 1 rings (SSSR count). The van der Waals surface area contributed by atoms with Gasteiger partial charge in [-0.3, -0.25) is 19.2 Å². The van der Waals surface area contributed by atoms with Gasteiger partial charge in [0.1, 0.15) is 18.3 Å². The predicted molar refractivity (Wildman–Crippen MR) is 76.0 cm³/mol. The van der Waals surface area contributed by atoms with Crippen LogP contribution in [-0.4, -0.2) is 48.8 Å². The lowest BCUT2D eigenvalue weighted by atomic mass is 9.82. The first-order valence-electron chi connectivity index (χ1n) is 7.34. The molecule has 0 saturated heterocycles. The maximum absolute atomic E-state index is 11.3. The molecule has 0 radical (unpaired) electrons. The van der Waals surface area contributed by atoms with Crippen molar-refractivity contribution in [1.29, 1.82) is 0 Å². The first kappa shape index (κ1) is 18.9. The maximum Gasteiger partial charge on any atom is 0.303 e. The van der Waals surface area contributed by atoms with E-state index in [2.05, 4.69) is 0 Å². The van der Waals surface area contributed by atoms with Crippen LogP contribution in [0.25, 0.3) is 0 Å². The van der Waals surface area contributed by atoms with Gasteiger partial charge in [0.2, 0.25) is 0 Å². The Balaban J connectivity index is 2.94. The van der Waals surface area contributed by atoms with Crippen LogP contribution in [-0.2, 0) is 38.1 Å². The Morgan fingerprint density at radius 3 is 1.83 bits per heavy atom. The molecule has 0 bridgehead atoms. The normalized spacial score (nSPS) is 26.8. The van der Waals surface area contributed by atoms with E-state index in [4.69, 9.17) is 18.9 Å². The van der Waals surface area contributed by atoms with Gasteiger partial charge in [-0.2, -0.15) is 0 Å². The highest BCUT2D eigenvalue weighted by Crippen LogP contribution is 2.32. The third-order valence-corrected chi connectivity index (χ3v) is 3.34. The molecule has 0 aliphatic heterocycles. The minimum atomic E-state index is -0.768. The number of ether oxygens (including phenoxy) is 4. The Bertz CT molecular complexity index is 472. The molecule has 0 aromatic carbocycles. The number of carbonyl (C=O) groups is 4. The molecule has 8 nitrogen and oxygen atoms in total. The molecule has 1 aliphatic carbocycles. The third kappa shape index (κ3) is 6.66. The van der Waals surface area contributed by atoms with Crippen LogP contribution in [0.15, 0.2) is 0 Å². The SMILES string of the molecule is CC(=O)OC[C@H]1C[C@H](OC(C)=O)C[C@@H](OC(C)=O)[C@H]1OC(C)=O. The summed E-state index contributed by atoms with van der Waals surface area (Å²) in [6, 6.07) is 0. The molecule has 130 valence electrons. The first-order chi connectivity index (χ1) is 10.7. The highest BCUT2D eigenvalue weighted by atomic mass is 16.6. The average Bonchev–Trinajstić information content (AvgIpc) is 2.37. The van der Waals surface area contributed by atoms with Crippen LogP contribution >= 0.6 is 0 Å². The lowest BCUT2D eigenvalue weighted by molar-refractivity contribution is -0.189. The quantitative estimate of drug-likeness (QED) is 0.537. The van der Waals surface area contributed by atoms with Crippen molar-refractivity contribution in [1.82, 2.24) is 0 Å². The van der Waals surface area contributed by atoms with E-state index < -0.39 is 48.1 Å². The zero-order valence-corrected chi connectivity index (χ0v) is 13.7. The smallest absolute Gasteiger partial charge is 0.303 e. The first-order valence-corrected chi connectivity index (χ1v) is 7.34. The van der Waals surface area contributed by atoms with Gasteiger partial charge in [0, 0.05) is 40.0 Å². The van der Waals surface area contributed by atoms with Crippen molar-refractivity contribution in [2.75, 3.05) is 6.61 Å². The second-order valence-corrected chi connectivity index (χ2v) is 5.49. The van der Waals surface area contributed by atoms with E-state index >= 15 is 0 Å². The summed E-state index contributed by atoms with van der Waals surface area (Å²) >= 11 is 0. The fourth-order valence-corrected chi connectivity index (χ4v) is 2.68. The van der Waals surface area contributed by atoms with E-state index in [1.165, 1.54) is 27.7 Å². The molecule has 1 fully saturated rings. The number of rotatable bonds is 5. The zero-order chi connectivity index (χ0) is 17.6. The van der Waals surface area contributed by atoms with Crippen LogP contribution in [0.3, 0.4) is 0 Å². The predicted octanol–water partition coefficient (Wildman–Crippen LogP) is 0.755. The van der Waals surface area contributed by atoms with Crippen LogP contribution in [0.1, 0.15) is 40.5 Å². The Kier molecular flexibility index (Phi) is 6.99. The fourth-order valence-electron chi connectivity index (χ4n) is 2.68. The Labute approximate surface area is 134 Å². The molecule has 4 atom stereocenters. The summed E-state index contributed by atoms with van der Waals surface area (Å²) in [5.41, 5.74) is 0. The summed E-state index contributed by atoms with van der Waals surface area (Å²) < 4.78 is 20.6. The summed E-state index contributed by atoms with van der Waals surface area (Å²) in [5, 5.41) is 0. The van der Waals surface area contributed by atoms with Crippen molar-refractivity contribution in [2.24, 2.45) is 5.92 Å². The largest absolute Gasteiger partial charge is 0.465 e. The number of hydrogen-bond donors (Lipinski definition) is 0. The molecule has 0 unspecified atom stereocenters.